The first-order valence-corrected chi connectivity index (χ1v) is 4.57. The first-order valence-electron chi connectivity index (χ1n) is 4.57. The van der Waals surface area contributed by atoms with Crippen LogP contribution >= 0.6 is 0 Å². The van der Waals surface area contributed by atoms with Gasteiger partial charge in [0, 0.05) is 26.3 Å². The second-order valence-electron chi connectivity index (χ2n) is 3.37. The molecule has 1 atom stereocenters. The third kappa shape index (κ3) is 2.80. The Bertz CT molecular complexity index is 106. The van der Waals surface area contributed by atoms with Gasteiger partial charge in [-0.1, -0.05) is 0 Å². The van der Waals surface area contributed by atoms with E-state index < -0.39 is 0 Å². The summed E-state index contributed by atoms with van der Waals surface area (Å²) in [6.07, 6.45) is 3.95. The van der Waals surface area contributed by atoms with Crippen molar-refractivity contribution in [3.8, 4) is 0 Å². The Kier molecular flexibility index (Phi) is 3.87. The van der Waals surface area contributed by atoms with E-state index in [1.54, 1.807) is 7.11 Å². The Morgan fingerprint density at radius 1 is 1.55 bits per heavy atom. The van der Waals surface area contributed by atoms with Crippen molar-refractivity contribution in [1.29, 1.82) is 0 Å². The fourth-order valence-electron chi connectivity index (χ4n) is 1.74. The number of methoxy groups -OCH3 is 1. The zero-order valence-corrected chi connectivity index (χ0v) is 7.68. The third-order valence-corrected chi connectivity index (χ3v) is 2.48. The monoisotopic (exact) mass is 157 g/mol. The van der Waals surface area contributed by atoms with Crippen molar-refractivity contribution in [2.75, 3.05) is 26.8 Å². The SMILES string of the molecule is COCCCN1CCCC1C. The summed E-state index contributed by atoms with van der Waals surface area (Å²) in [6.45, 7) is 5.74. The summed E-state index contributed by atoms with van der Waals surface area (Å²) in [7, 11) is 1.77. The maximum Gasteiger partial charge on any atom is 0.0474 e. The summed E-state index contributed by atoms with van der Waals surface area (Å²) < 4.78 is 5.01. The summed E-state index contributed by atoms with van der Waals surface area (Å²) in [4.78, 5) is 2.55. The van der Waals surface area contributed by atoms with Crippen LogP contribution in [0.2, 0.25) is 0 Å². The molecule has 66 valence electrons. The number of nitrogens with zero attached hydrogens (tertiary/aromatic N) is 1. The van der Waals surface area contributed by atoms with Crippen LogP contribution in [0.25, 0.3) is 0 Å². The number of hydrogen-bond acceptors (Lipinski definition) is 2. The lowest BCUT2D eigenvalue weighted by Gasteiger charge is -2.20. The largest absolute Gasteiger partial charge is 0.385 e. The van der Waals surface area contributed by atoms with E-state index >= 15 is 0 Å². The molecular weight excluding hydrogens is 138 g/mol. The molecule has 0 saturated carbocycles. The van der Waals surface area contributed by atoms with Gasteiger partial charge in [0.1, 0.15) is 0 Å². The second kappa shape index (κ2) is 4.73. The Hall–Kier alpha value is -0.0800. The third-order valence-electron chi connectivity index (χ3n) is 2.48. The molecule has 2 heteroatoms. The lowest BCUT2D eigenvalue weighted by Crippen LogP contribution is -2.28. The van der Waals surface area contributed by atoms with E-state index in [0.29, 0.717) is 0 Å². The molecule has 0 aliphatic carbocycles. The van der Waals surface area contributed by atoms with Gasteiger partial charge in [0.15, 0.2) is 0 Å². The van der Waals surface area contributed by atoms with Gasteiger partial charge in [0.2, 0.25) is 0 Å². The molecule has 11 heavy (non-hydrogen) atoms. The van der Waals surface area contributed by atoms with E-state index in [1.165, 1.54) is 32.4 Å². The zero-order chi connectivity index (χ0) is 8.10. The van der Waals surface area contributed by atoms with Crippen LogP contribution in [0.4, 0.5) is 0 Å². The highest BCUT2D eigenvalue weighted by atomic mass is 16.5. The molecule has 0 aromatic heterocycles. The predicted molar refractivity (Wildman–Crippen MR) is 46.8 cm³/mol. The van der Waals surface area contributed by atoms with Crippen LogP contribution in [0, 0.1) is 0 Å². The number of rotatable bonds is 4. The minimum absolute atomic E-state index is 0.812. The van der Waals surface area contributed by atoms with Crippen molar-refractivity contribution in [3.05, 3.63) is 0 Å². The maximum absolute atomic E-state index is 5.01. The van der Waals surface area contributed by atoms with Gasteiger partial charge >= 0.3 is 0 Å². The molecule has 1 saturated heterocycles. The summed E-state index contributed by atoms with van der Waals surface area (Å²) in [5, 5.41) is 0. The average Bonchev–Trinajstić information content (AvgIpc) is 2.37. The van der Waals surface area contributed by atoms with E-state index in [4.69, 9.17) is 4.74 Å². The van der Waals surface area contributed by atoms with E-state index in [-0.39, 0.29) is 0 Å². The Labute approximate surface area is 69.5 Å². The quantitative estimate of drug-likeness (QED) is 0.573. The molecular formula is C9H19NO. The Morgan fingerprint density at radius 3 is 2.91 bits per heavy atom. The molecule has 0 aromatic rings. The van der Waals surface area contributed by atoms with Gasteiger partial charge in [-0.2, -0.15) is 0 Å². The minimum atomic E-state index is 0.812. The van der Waals surface area contributed by atoms with Crippen LogP contribution in [-0.2, 0) is 4.74 Å². The van der Waals surface area contributed by atoms with Crippen LogP contribution < -0.4 is 0 Å². The maximum atomic E-state index is 5.01. The fourth-order valence-corrected chi connectivity index (χ4v) is 1.74. The van der Waals surface area contributed by atoms with Crippen molar-refractivity contribution in [3.63, 3.8) is 0 Å². The first kappa shape index (κ1) is 9.01. The van der Waals surface area contributed by atoms with Gasteiger partial charge in [0.25, 0.3) is 0 Å². The number of ether oxygens (including phenoxy) is 1. The van der Waals surface area contributed by atoms with E-state index in [2.05, 4.69) is 11.8 Å². The molecule has 1 aliphatic rings. The summed E-state index contributed by atoms with van der Waals surface area (Å²) in [6, 6.07) is 0.812. The highest BCUT2D eigenvalue weighted by Gasteiger charge is 2.18. The average molecular weight is 157 g/mol. The molecule has 1 rings (SSSR count). The molecule has 1 unspecified atom stereocenters. The Morgan fingerprint density at radius 2 is 2.36 bits per heavy atom. The number of likely N-dealkylation sites (tertiary alicyclic amines) is 1. The summed E-state index contributed by atoms with van der Waals surface area (Å²) in [5.74, 6) is 0. The van der Waals surface area contributed by atoms with E-state index in [1.807, 2.05) is 0 Å². The standard InChI is InChI=1S/C9H19NO/c1-9-5-3-6-10(9)7-4-8-11-2/h9H,3-8H2,1-2H3. The van der Waals surface area contributed by atoms with Gasteiger partial charge in [-0.25, -0.2) is 0 Å². The normalized spacial score (nSPS) is 26.2. The zero-order valence-electron chi connectivity index (χ0n) is 7.68. The minimum Gasteiger partial charge on any atom is -0.385 e. The van der Waals surface area contributed by atoms with Crippen molar-refractivity contribution in [2.45, 2.75) is 32.2 Å². The predicted octanol–water partition coefficient (Wildman–Crippen LogP) is 1.51. The number of hydrogen-bond donors (Lipinski definition) is 0. The van der Waals surface area contributed by atoms with Gasteiger partial charge in [-0.15, -0.1) is 0 Å². The molecule has 1 heterocycles. The fraction of sp³-hybridized carbons (Fsp3) is 1.00. The summed E-state index contributed by atoms with van der Waals surface area (Å²) >= 11 is 0. The van der Waals surface area contributed by atoms with Crippen LogP contribution in [0.5, 0.6) is 0 Å². The van der Waals surface area contributed by atoms with Gasteiger partial charge in [-0.3, -0.25) is 0 Å². The van der Waals surface area contributed by atoms with Crippen LogP contribution in [-0.4, -0.2) is 37.7 Å². The molecule has 0 bridgehead atoms. The van der Waals surface area contributed by atoms with Crippen molar-refractivity contribution in [1.82, 2.24) is 4.90 Å². The molecule has 1 fully saturated rings. The van der Waals surface area contributed by atoms with E-state index in [0.717, 1.165) is 12.6 Å². The Balaban J connectivity index is 2.05. The van der Waals surface area contributed by atoms with Crippen molar-refractivity contribution < 1.29 is 4.74 Å². The van der Waals surface area contributed by atoms with Gasteiger partial charge in [-0.05, 0) is 32.7 Å². The molecule has 1 aliphatic heterocycles. The molecule has 0 spiro atoms. The van der Waals surface area contributed by atoms with Crippen molar-refractivity contribution >= 4 is 0 Å². The second-order valence-corrected chi connectivity index (χ2v) is 3.37. The van der Waals surface area contributed by atoms with Gasteiger partial charge < -0.3 is 9.64 Å². The highest BCUT2D eigenvalue weighted by Crippen LogP contribution is 2.15. The van der Waals surface area contributed by atoms with Crippen LogP contribution in [0.3, 0.4) is 0 Å². The molecule has 0 amide bonds. The lowest BCUT2D eigenvalue weighted by molar-refractivity contribution is 0.170. The van der Waals surface area contributed by atoms with E-state index in [9.17, 15) is 0 Å². The first-order chi connectivity index (χ1) is 5.34. The molecule has 0 N–H and O–H groups in total. The van der Waals surface area contributed by atoms with Crippen LogP contribution in [0.15, 0.2) is 0 Å². The van der Waals surface area contributed by atoms with Gasteiger partial charge in [0.05, 0.1) is 0 Å². The molecule has 2 nitrogen and oxygen atoms in total. The highest BCUT2D eigenvalue weighted by molar-refractivity contribution is 4.74. The topological polar surface area (TPSA) is 12.5 Å². The lowest BCUT2D eigenvalue weighted by atomic mass is 10.2. The summed E-state index contributed by atoms with van der Waals surface area (Å²) in [5.41, 5.74) is 0. The smallest absolute Gasteiger partial charge is 0.0474 e. The molecule has 0 radical (unpaired) electrons. The van der Waals surface area contributed by atoms with Crippen molar-refractivity contribution in [2.24, 2.45) is 0 Å². The van der Waals surface area contributed by atoms with Crippen LogP contribution in [0.1, 0.15) is 26.2 Å². The molecule has 0 aromatic carbocycles.